The van der Waals surface area contributed by atoms with Crippen LogP contribution in [0.3, 0.4) is 0 Å². The third-order valence-corrected chi connectivity index (χ3v) is 2.89. The largest absolute Gasteiger partial charge is 0.491 e. The van der Waals surface area contributed by atoms with Gasteiger partial charge in [-0.1, -0.05) is 30.3 Å². The molecule has 0 atom stereocenters. The highest BCUT2D eigenvalue weighted by atomic mass is 16.5. The maximum Gasteiger partial charge on any atom is 0.119 e. The number of anilines is 1. The van der Waals surface area contributed by atoms with Gasteiger partial charge in [0.2, 0.25) is 0 Å². The van der Waals surface area contributed by atoms with Crippen LogP contribution in [-0.2, 0) is 11.3 Å². The first-order valence-corrected chi connectivity index (χ1v) is 6.97. The number of hydrogen-bond donors (Lipinski definition) is 1. The van der Waals surface area contributed by atoms with E-state index in [9.17, 15) is 0 Å². The molecule has 0 fully saturated rings. The molecule has 0 heterocycles. The molecule has 0 amide bonds. The zero-order chi connectivity index (χ0) is 14.0. The van der Waals surface area contributed by atoms with Crippen LogP contribution >= 0.6 is 0 Å². The molecule has 0 saturated carbocycles. The first-order chi connectivity index (χ1) is 9.88. The van der Waals surface area contributed by atoms with Gasteiger partial charge in [-0.05, 0) is 36.8 Å². The Morgan fingerprint density at radius 1 is 0.900 bits per heavy atom. The second-order valence-corrected chi connectivity index (χ2v) is 4.41. The quantitative estimate of drug-likeness (QED) is 0.742. The van der Waals surface area contributed by atoms with Crippen LogP contribution in [0.2, 0.25) is 0 Å². The molecule has 0 unspecified atom stereocenters. The molecule has 2 aromatic carbocycles. The van der Waals surface area contributed by atoms with Crippen molar-refractivity contribution < 1.29 is 9.47 Å². The van der Waals surface area contributed by atoms with Crippen molar-refractivity contribution >= 4 is 5.69 Å². The Bertz CT molecular complexity index is 482. The van der Waals surface area contributed by atoms with E-state index in [2.05, 4.69) is 17.4 Å². The van der Waals surface area contributed by atoms with Gasteiger partial charge in [-0.25, -0.2) is 0 Å². The first kappa shape index (κ1) is 14.4. The van der Waals surface area contributed by atoms with Gasteiger partial charge in [0, 0.05) is 18.8 Å². The zero-order valence-corrected chi connectivity index (χ0v) is 11.8. The van der Waals surface area contributed by atoms with Gasteiger partial charge in [0.15, 0.2) is 0 Å². The van der Waals surface area contributed by atoms with Gasteiger partial charge in [0.25, 0.3) is 0 Å². The third-order valence-electron chi connectivity index (χ3n) is 2.89. The second-order valence-electron chi connectivity index (χ2n) is 4.41. The van der Waals surface area contributed by atoms with Gasteiger partial charge in [0.1, 0.15) is 12.4 Å². The predicted octanol–water partition coefficient (Wildman–Crippen LogP) is 3.71. The van der Waals surface area contributed by atoms with Crippen LogP contribution in [0.25, 0.3) is 0 Å². The van der Waals surface area contributed by atoms with E-state index in [1.54, 1.807) is 0 Å². The molecule has 2 aromatic rings. The van der Waals surface area contributed by atoms with E-state index >= 15 is 0 Å². The van der Waals surface area contributed by atoms with E-state index < -0.39 is 0 Å². The van der Waals surface area contributed by atoms with Gasteiger partial charge < -0.3 is 14.8 Å². The predicted molar refractivity (Wildman–Crippen MR) is 82.2 cm³/mol. The van der Waals surface area contributed by atoms with Crippen LogP contribution in [0, 0.1) is 0 Å². The fourth-order valence-corrected chi connectivity index (χ4v) is 1.83. The summed E-state index contributed by atoms with van der Waals surface area (Å²) in [6.45, 7) is 4.75. The summed E-state index contributed by atoms with van der Waals surface area (Å²) < 4.78 is 10.8. The minimum absolute atomic E-state index is 0.588. The summed E-state index contributed by atoms with van der Waals surface area (Å²) >= 11 is 0. The maximum absolute atomic E-state index is 5.57. The van der Waals surface area contributed by atoms with E-state index in [4.69, 9.17) is 9.47 Å². The lowest BCUT2D eigenvalue weighted by molar-refractivity contribution is 0.110. The number of hydrogen-bond acceptors (Lipinski definition) is 3. The Hall–Kier alpha value is -2.00. The molecule has 0 aliphatic heterocycles. The van der Waals surface area contributed by atoms with Crippen LogP contribution in [0.5, 0.6) is 5.75 Å². The molecule has 3 heteroatoms. The van der Waals surface area contributed by atoms with Crippen molar-refractivity contribution in [2.75, 3.05) is 25.1 Å². The first-order valence-electron chi connectivity index (χ1n) is 6.97. The lowest BCUT2D eigenvalue weighted by Gasteiger charge is -2.09. The molecule has 0 saturated heterocycles. The van der Waals surface area contributed by atoms with Crippen molar-refractivity contribution in [3.05, 3.63) is 60.2 Å². The average molecular weight is 271 g/mol. The summed E-state index contributed by atoms with van der Waals surface area (Å²) in [4.78, 5) is 0. The molecule has 1 N–H and O–H groups in total. The minimum Gasteiger partial charge on any atom is -0.491 e. The third kappa shape index (κ3) is 4.94. The zero-order valence-electron chi connectivity index (χ0n) is 11.8. The molecule has 20 heavy (non-hydrogen) atoms. The van der Waals surface area contributed by atoms with E-state index in [-0.39, 0.29) is 0 Å². The van der Waals surface area contributed by atoms with Crippen molar-refractivity contribution in [2.24, 2.45) is 0 Å². The number of benzene rings is 2. The summed E-state index contributed by atoms with van der Waals surface area (Å²) in [5.41, 5.74) is 2.36. The Morgan fingerprint density at radius 3 is 2.35 bits per heavy atom. The highest BCUT2D eigenvalue weighted by molar-refractivity contribution is 5.46. The normalized spacial score (nSPS) is 10.2. The average Bonchev–Trinajstić information content (AvgIpc) is 2.52. The van der Waals surface area contributed by atoms with Crippen molar-refractivity contribution in [2.45, 2.75) is 13.5 Å². The molecule has 0 radical (unpaired) electrons. The van der Waals surface area contributed by atoms with Gasteiger partial charge in [-0.3, -0.25) is 0 Å². The maximum atomic E-state index is 5.57. The van der Waals surface area contributed by atoms with Crippen LogP contribution in [0.15, 0.2) is 54.6 Å². The second kappa shape index (κ2) is 8.23. The van der Waals surface area contributed by atoms with Crippen molar-refractivity contribution in [3.8, 4) is 5.75 Å². The van der Waals surface area contributed by atoms with Crippen LogP contribution < -0.4 is 10.1 Å². The van der Waals surface area contributed by atoms with E-state index in [0.29, 0.717) is 13.2 Å². The summed E-state index contributed by atoms with van der Waals surface area (Å²) in [7, 11) is 0. The number of nitrogens with one attached hydrogen (secondary N) is 1. The highest BCUT2D eigenvalue weighted by Gasteiger charge is 1.96. The molecule has 0 aromatic heterocycles. The Labute approximate surface area is 120 Å². The lowest BCUT2D eigenvalue weighted by atomic mass is 10.2. The monoisotopic (exact) mass is 271 g/mol. The van der Waals surface area contributed by atoms with E-state index in [1.165, 1.54) is 5.56 Å². The summed E-state index contributed by atoms with van der Waals surface area (Å²) in [5.74, 6) is 0.870. The molecular weight excluding hydrogens is 250 g/mol. The summed E-state index contributed by atoms with van der Waals surface area (Å²) in [6, 6.07) is 18.3. The van der Waals surface area contributed by atoms with Crippen molar-refractivity contribution in [3.63, 3.8) is 0 Å². The van der Waals surface area contributed by atoms with Gasteiger partial charge >= 0.3 is 0 Å². The van der Waals surface area contributed by atoms with Gasteiger partial charge in [-0.2, -0.15) is 0 Å². The van der Waals surface area contributed by atoms with Crippen LogP contribution in [-0.4, -0.2) is 19.8 Å². The fourth-order valence-electron chi connectivity index (χ4n) is 1.83. The molecule has 2 rings (SSSR count). The smallest absolute Gasteiger partial charge is 0.119 e. The Morgan fingerprint density at radius 2 is 1.65 bits per heavy atom. The molecular formula is C17H21NO2. The van der Waals surface area contributed by atoms with E-state index in [0.717, 1.165) is 24.6 Å². The standard InChI is InChI=1S/C17H21NO2/c1-2-19-12-13-20-17-10-8-16(9-11-17)18-14-15-6-4-3-5-7-15/h3-11,18H,2,12-14H2,1H3. The molecule has 0 bridgehead atoms. The Balaban J connectivity index is 1.76. The summed E-state index contributed by atoms with van der Waals surface area (Å²) in [6.07, 6.45) is 0. The molecule has 0 spiro atoms. The van der Waals surface area contributed by atoms with Crippen LogP contribution in [0.4, 0.5) is 5.69 Å². The van der Waals surface area contributed by atoms with E-state index in [1.807, 2.05) is 49.4 Å². The highest BCUT2D eigenvalue weighted by Crippen LogP contribution is 2.16. The molecule has 0 aliphatic rings. The lowest BCUT2D eigenvalue weighted by Crippen LogP contribution is -2.06. The van der Waals surface area contributed by atoms with Crippen molar-refractivity contribution in [1.29, 1.82) is 0 Å². The summed E-state index contributed by atoms with van der Waals surface area (Å²) in [5, 5.41) is 3.38. The fraction of sp³-hybridized carbons (Fsp3) is 0.294. The van der Waals surface area contributed by atoms with Gasteiger partial charge in [-0.15, -0.1) is 0 Å². The SMILES string of the molecule is CCOCCOc1ccc(NCc2ccccc2)cc1. The topological polar surface area (TPSA) is 30.5 Å². The minimum atomic E-state index is 0.588. The number of rotatable bonds is 8. The van der Waals surface area contributed by atoms with Crippen molar-refractivity contribution in [1.82, 2.24) is 0 Å². The molecule has 106 valence electrons. The van der Waals surface area contributed by atoms with Crippen LogP contribution in [0.1, 0.15) is 12.5 Å². The molecule has 3 nitrogen and oxygen atoms in total. The number of ether oxygens (including phenoxy) is 2. The molecule has 0 aliphatic carbocycles. The Kier molecular flexibility index (Phi) is 5.93. The van der Waals surface area contributed by atoms with Gasteiger partial charge in [0.05, 0.1) is 6.61 Å².